The van der Waals surface area contributed by atoms with Crippen LogP contribution in [0.4, 0.5) is 4.39 Å². The fourth-order valence-electron chi connectivity index (χ4n) is 2.47. The zero-order valence-corrected chi connectivity index (χ0v) is 15.6. The molecule has 0 radical (unpaired) electrons. The second kappa shape index (κ2) is 10.4. The molecule has 1 amide bonds. The highest BCUT2D eigenvalue weighted by Gasteiger charge is 2.14. The summed E-state index contributed by atoms with van der Waals surface area (Å²) in [5, 5.41) is 12.6. The Labute approximate surface area is 162 Å². The molecule has 1 N–H and O–H groups in total. The molecule has 2 rings (SSSR count). The largest absolute Gasteiger partial charge is 0.493 e. The average Bonchev–Trinajstić information content (AvgIpc) is 2.69. The third kappa shape index (κ3) is 6.15. The summed E-state index contributed by atoms with van der Waals surface area (Å²) >= 11 is 5.84. The maximum atomic E-state index is 12.2. The molecular formula is C20H20ClFN2O3. The van der Waals surface area contributed by atoms with Gasteiger partial charge >= 0.3 is 0 Å². The predicted octanol–water partition coefficient (Wildman–Crippen LogP) is 4.01. The molecule has 0 aliphatic heterocycles. The molecule has 0 heterocycles. The zero-order chi connectivity index (χ0) is 19.6. The molecule has 0 fully saturated rings. The Bertz CT molecular complexity index is 806. The first kappa shape index (κ1) is 20.5. The first-order valence-corrected chi connectivity index (χ1v) is 8.75. The minimum absolute atomic E-state index is 0.0433. The lowest BCUT2D eigenvalue weighted by Gasteiger charge is -2.13. The van der Waals surface area contributed by atoms with Crippen LogP contribution in [0.1, 0.15) is 23.6 Å². The highest BCUT2D eigenvalue weighted by molar-refractivity contribution is 6.30. The smallest absolute Gasteiger partial charge is 0.221 e. The minimum atomic E-state index is -0.735. The van der Waals surface area contributed by atoms with Crippen LogP contribution in [0, 0.1) is 11.3 Å². The number of benzene rings is 2. The molecule has 2 aromatic rings. The van der Waals surface area contributed by atoms with Crippen molar-refractivity contribution in [2.75, 3.05) is 20.4 Å². The van der Waals surface area contributed by atoms with Crippen molar-refractivity contribution < 1.29 is 18.7 Å². The minimum Gasteiger partial charge on any atom is -0.493 e. The summed E-state index contributed by atoms with van der Waals surface area (Å²) in [7, 11) is 1.50. The Morgan fingerprint density at radius 2 is 2.00 bits per heavy atom. The van der Waals surface area contributed by atoms with Gasteiger partial charge in [0.1, 0.15) is 19.3 Å². The summed E-state index contributed by atoms with van der Waals surface area (Å²) in [6.45, 7) is -0.628. The fraction of sp³-hybridized carbons (Fsp3) is 0.300. The zero-order valence-electron chi connectivity index (χ0n) is 14.9. The molecule has 27 heavy (non-hydrogen) atoms. The number of carbonyl (C=O) groups is 1. The van der Waals surface area contributed by atoms with Crippen molar-refractivity contribution in [3.63, 3.8) is 0 Å². The summed E-state index contributed by atoms with van der Waals surface area (Å²) < 4.78 is 22.7. The number of halogens is 2. The topological polar surface area (TPSA) is 71.3 Å². The van der Waals surface area contributed by atoms with Gasteiger partial charge in [0.15, 0.2) is 11.5 Å². The molecule has 0 aliphatic carbocycles. The Kier molecular flexibility index (Phi) is 7.90. The maximum Gasteiger partial charge on any atom is 0.221 e. The molecule has 142 valence electrons. The van der Waals surface area contributed by atoms with Gasteiger partial charge in [0.05, 0.1) is 13.2 Å². The van der Waals surface area contributed by atoms with E-state index >= 15 is 0 Å². The molecule has 5 nitrogen and oxygen atoms in total. The number of nitrogens with zero attached hydrogens (tertiary/aromatic N) is 1. The lowest BCUT2D eigenvalue weighted by atomic mass is 10.1. The summed E-state index contributed by atoms with van der Waals surface area (Å²) in [5.41, 5.74) is 1.54. The molecule has 0 saturated carbocycles. The van der Waals surface area contributed by atoms with Gasteiger partial charge in [0.2, 0.25) is 5.91 Å². The fourth-order valence-corrected chi connectivity index (χ4v) is 2.60. The normalized spacial score (nSPS) is 11.3. The quantitative estimate of drug-likeness (QED) is 0.702. The number of carbonyl (C=O) groups excluding carboxylic acids is 1. The van der Waals surface area contributed by atoms with Crippen LogP contribution in [0.3, 0.4) is 0 Å². The number of hydrogen-bond acceptors (Lipinski definition) is 4. The van der Waals surface area contributed by atoms with Gasteiger partial charge < -0.3 is 14.8 Å². The monoisotopic (exact) mass is 390 g/mol. The van der Waals surface area contributed by atoms with Crippen LogP contribution in [-0.2, 0) is 11.2 Å². The first-order chi connectivity index (χ1) is 13.1. The van der Waals surface area contributed by atoms with E-state index < -0.39 is 12.7 Å². The number of ether oxygens (including phenoxy) is 2. The van der Waals surface area contributed by atoms with Crippen LogP contribution in [0.15, 0.2) is 42.5 Å². The Morgan fingerprint density at radius 3 is 2.63 bits per heavy atom. The predicted molar refractivity (Wildman–Crippen MR) is 101 cm³/mol. The number of amides is 1. The lowest BCUT2D eigenvalue weighted by molar-refractivity contribution is -0.121. The molecule has 0 saturated heterocycles. The van der Waals surface area contributed by atoms with E-state index in [4.69, 9.17) is 21.1 Å². The van der Waals surface area contributed by atoms with E-state index in [-0.39, 0.29) is 18.9 Å². The number of rotatable bonds is 9. The van der Waals surface area contributed by atoms with E-state index in [0.717, 1.165) is 5.56 Å². The van der Waals surface area contributed by atoms with E-state index in [9.17, 15) is 14.4 Å². The molecule has 0 aromatic heterocycles. The SMILES string of the molecule is COc1cc(CCC(=O)NC(C#N)c2ccc(Cl)cc2)ccc1OCCF. The number of nitrogens with one attached hydrogen (secondary N) is 1. The van der Waals surface area contributed by atoms with Crippen LogP contribution in [0.2, 0.25) is 5.02 Å². The van der Waals surface area contributed by atoms with Crippen molar-refractivity contribution in [3.8, 4) is 17.6 Å². The summed E-state index contributed by atoms with van der Waals surface area (Å²) in [4.78, 5) is 12.2. The number of aryl methyl sites for hydroxylation is 1. The third-order valence-electron chi connectivity index (χ3n) is 3.84. The van der Waals surface area contributed by atoms with Crippen molar-refractivity contribution in [2.24, 2.45) is 0 Å². The molecule has 1 atom stereocenters. The van der Waals surface area contributed by atoms with Gasteiger partial charge in [-0.2, -0.15) is 5.26 Å². The van der Waals surface area contributed by atoms with Gasteiger partial charge in [-0.25, -0.2) is 4.39 Å². The van der Waals surface area contributed by atoms with E-state index in [1.165, 1.54) is 7.11 Å². The number of hydrogen-bond donors (Lipinski definition) is 1. The van der Waals surface area contributed by atoms with Crippen molar-refractivity contribution >= 4 is 17.5 Å². The molecular weight excluding hydrogens is 371 g/mol. The Hall–Kier alpha value is -2.78. The van der Waals surface area contributed by atoms with Gasteiger partial charge in [-0.3, -0.25) is 4.79 Å². The van der Waals surface area contributed by atoms with Crippen LogP contribution < -0.4 is 14.8 Å². The average molecular weight is 391 g/mol. The van der Waals surface area contributed by atoms with Crippen LogP contribution >= 0.6 is 11.6 Å². The van der Waals surface area contributed by atoms with Crippen LogP contribution in [0.25, 0.3) is 0 Å². The second-order valence-corrected chi connectivity index (χ2v) is 6.14. The molecule has 0 bridgehead atoms. The molecule has 7 heteroatoms. The van der Waals surface area contributed by atoms with Gasteiger partial charge in [-0.15, -0.1) is 0 Å². The van der Waals surface area contributed by atoms with Gasteiger partial charge in [-0.1, -0.05) is 29.8 Å². The molecule has 0 aliphatic rings. The molecule has 2 aromatic carbocycles. The van der Waals surface area contributed by atoms with E-state index in [1.54, 1.807) is 42.5 Å². The van der Waals surface area contributed by atoms with Crippen molar-refractivity contribution in [1.29, 1.82) is 5.26 Å². The standard InChI is InChI=1S/C20H20ClFN2O3/c1-26-19-12-14(2-8-18(19)27-11-10-22)3-9-20(25)24-17(13-23)15-4-6-16(21)7-5-15/h2,4-8,12,17H,3,9-11H2,1H3,(H,24,25). The summed E-state index contributed by atoms with van der Waals surface area (Å²) in [6, 6.07) is 13.3. The van der Waals surface area contributed by atoms with Crippen LogP contribution in [0.5, 0.6) is 11.5 Å². The van der Waals surface area contributed by atoms with Crippen molar-refractivity contribution in [2.45, 2.75) is 18.9 Å². The first-order valence-electron chi connectivity index (χ1n) is 8.37. The van der Waals surface area contributed by atoms with E-state index in [1.807, 2.05) is 0 Å². The Morgan fingerprint density at radius 1 is 1.26 bits per heavy atom. The second-order valence-electron chi connectivity index (χ2n) is 5.70. The van der Waals surface area contributed by atoms with Gasteiger partial charge in [0.25, 0.3) is 0 Å². The summed E-state index contributed by atoms with van der Waals surface area (Å²) in [6.07, 6.45) is 0.671. The van der Waals surface area contributed by atoms with E-state index in [0.29, 0.717) is 28.5 Å². The number of alkyl halides is 1. The number of methoxy groups -OCH3 is 1. The number of nitriles is 1. The van der Waals surface area contributed by atoms with Gasteiger partial charge in [0, 0.05) is 11.4 Å². The van der Waals surface area contributed by atoms with E-state index in [2.05, 4.69) is 11.4 Å². The van der Waals surface area contributed by atoms with Crippen LogP contribution in [-0.4, -0.2) is 26.3 Å². The summed E-state index contributed by atoms with van der Waals surface area (Å²) in [5.74, 6) is 0.696. The molecule has 0 spiro atoms. The Balaban J connectivity index is 1.94. The highest BCUT2D eigenvalue weighted by Crippen LogP contribution is 2.28. The maximum absolute atomic E-state index is 12.2. The van der Waals surface area contributed by atoms with Gasteiger partial charge in [-0.05, 0) is 41.8 Å². The van der Waals surface area contributed by atoms with Crippen molar-refractivity contribution in [3.05, 3.63) is 58.6 Å². The third-order valence-corrected chi connectivity index (χ3v) is 4.09. The van der Waals surface area contributed by atoms with Crippen molar-refractivity contribution in [1.82, 2.24) is 5.32 Å². The highest BCUT2D eigenvalue weighted by atomic mass is 35.5. The molecule has 1 unspecified atom stereocenters. The lowest BCUT2D eigenvalue weighted by Crippen LogP contribution is -2.27.